The van der Waals surface area contributed by atoms with E-state index in [-0.39, 0.29) is 12.5 Å². The first kappa shape index (κ1) is 10.2. The molecule has 0 radical (unpaired) electrons. The molecule has 3 nitrogen and oxygen atoms in total. The van der Waals surface area contributed by atoms with Gasteiger partial charge in [-0.15, -0.1) is 0 Å². The van der Waals surface area contributed by atoms with Crippen molar-refractivity contribution in [1.82, 2.24) is 0 Å². The molecular weight excluding hydrogens is 175 g/mol. The third kappa shape index (κ3) is 3.70. The van der Waals surface area contributed by atoms with Gasteiger partial charge < -0.3 is 9.26 Å². The van der Waals surface area contributed by atoms with Crippen LogP contribution in [0.1, 0.15) is 32.1 Å². The average molecular weight is 192 g/mol. The van der Waals surface area contributed by atoms with Gasteiger partial charge in [-0.1, -0.05) is 19.3 Å². The van der Waals surface area contributed by atoms with Crippen molar-refractivity contribution in [3.63, 3.8) is 0 Å². The minimum absolute atomic E-state index is 0.236. The van der Waals surface area contributed by atoms with Gasteiger partial charge in [0.25, 0.3) is 0 Å². The van der Waals surface area contributed by atoms with Crippen molar-refractivity contribution in [2.45, 2.75) is 38.2 Å². The lowest BCUT2D eigenvalue weighted by Crippen LogP contribution is -2.13. The highest BCUT2D eigenvalue weighted by atomic mass is 31.1. The average Bonchev–Trinajstić information content (AvgIpc) is 2.06. The molecule has 72 valence electrons. The molecule has 0 heterocycles. The van der Waals surface area contributed by atoms with Crippen molar-refractivity contribution in [3.8, 4) is 0 Å². The van der Waals surface area contributed by atoms with Crippen LogP contribution in [0, 0.1) is 0 Å². The molecule has 12 heavy (non-hydrogen) atoms. The van der Waals surface area contributed by atoms with Crippen LogP contribution in [0.2, 0.25) is 0 Å². The highest BCUT2D eigenvalue weighted by molar-refractivity contribution is 7.38. The van der Waals surface area contributed by atoms with Crippen LogP contribution in [0.15, 0.2) is 0 Å². The zero-order valence-electron chi connectivity index (χ0n) is 7.54. The van der Waals surface area contributed by atoms with E-state index in [9.17, 15) is 4.57 Å². The molecule has 1 fully saturated rings. The maximum Gasteiger partial charge on any atom is 0.216 e. The fraction of sp³-hybridized carbons (Fsp3) is 1.00. The van der Waals surface area contributed by atoms with Crippen molar-refractivity contribution in [2.24, 2.45) is 0 Å². The lowest BCUT2D eigenvalue weighted by atomic mass is 9.98. The molecule has 0 aromatic carbocycles. The van der Waals surface area contributed by atoms with E-state index in [1.807, 2.05) is 0 Å². The van der Waals surface area contributed by atoms with Crippen molar-refractivity contribution in [2.75, 3.05) is 13.5 Å². The fourth-order valence-electron chi connectivity index (χ4n) is 1.52. The Hall–Kier alpha value is 0.150. The van der Waals surface area contributed by atoms with Gasteiger partial charge in [0.1, 0.15) is 6.35 Å². The van der Waals surface area contributed by atoms with Gasteiger partial charge in [-0.25, -0.2) is 0 Å². The first-order valence-electron chi connectivity index (χ1n) is 4.51. The Bertz CT molecular complexity index is 143. The molecule has 1 rings (SSSR count). The molecule has 0 aromatic rings. The Morgan fingerprint density at radius 3 is 2.58 bits per heavy atom. The summed E-state index contributed by atoms with van der Waals surface area (Å²) < 4.78 is 21.3. The van der Waals surface area contributed by atoms with Crippen LogP contribution < -0.4 is 0 Å². The standard InChI is InChI=1S/C8H17O3P/c1-10-7-12(9)11-8-5-3-2-4-6-8/h8,12H,2-7H2,1H3. The van der Waals surface area contributed by atoms with Gasteiger partial charge in [0.05, 0.1) is 6.10 Å². The molecule has 1 unspecified atom stereocenters. The third-order valence-electron chi connectivity index (χ3n) is 2.11. The van der Waals surface area contributed by atoms with E-state index < -0.39 is 8.03 Å². The van der Waals surface area contributed by atoms with Gasteiger partial charge in [-0.3, -0.25) is 4.57 Å². The number of rotatable bonds is 4. The molecular formula is C8H17O3P. The van der Waals surface area contributed by atoms with Gasteiger partial charge in [-0.2, -0.15) is 0 Å². The number of ether oxygens (including phenoxy) is 1. The Balaban J connectivity index is 2.15. The smallest absolute Gasteiger partial charge is 0.216 e. The molecule has 4 heteroatoms. The van der Waals surface area contributed by atoms with Crippen LogP contribution in [0.3, 0.4) is 0 Å². The predicted octanol–water partition coefficient (Wildman–Crippen LogP) is 2.41. The minimum atomic E-state index is -1.91. The summed E-state index contributed by atoms with van der Waals surface area (Å²) >= 11 is 0. The maximum absolute atomic E-state index is 11.1. The molecule has 0 bridgehead atoms. The Morgan fingerprint density at radius 1 is 1.33 bits per heavy atom. The first-order chi connectivity index (χ1) is 5.83. The second kappa shape index (κ2) is 5.74. The van der Waals surface area contributed by atoms with E-state index in [1.165, 1.54) is 19.3 Å². The van der Waals surface area contributed by atoms with Crippen LogP contribution in [-0.2, 0) is 13.8 Å². The summed E-state index contributed by atoms with van der Waals surface area (Å²) in [6, 6.07) is 0. The van der Waals surface area contributed by atoms with Crippen molar-refractivity contribution >= 4 is 8.03 Å². The molecule has 0 amide bonds. The minimum Gasteiger partial charge on any atom is -0.375 e. The number of methoxy groups -OCH3 is 1. The van der Waals surface area contributed by atoms with E-state index >= 15 is 0 Å². The largest absolute Gasteiger partial charge is 0.375 e. The quantitative estimate of drug-likeness (QED) is 0.641. The zero-order valence-corrected chi connectivity index (χ0v) is 8.54. The van der Waals surface area contributed by atoms with Crippen molar-refractivity contribution in [1.29, 1.82) is 0 Å². The summed E-state index contributed by atoms with van der Waals surface area (Å²) in [4.78, 5) is 0. The number of hydrogen-bond donors (Lipinski definition) is 0. The summed E-state index contributed by atoms with van der Waals surface area (Å²) in [5.74, 6) is 0. The molecule has 0 saturated heterocycles. The molecule has 1 saturated carbocycles. The van der Waals surface area contributed by atoms with Gasteiger partial charge in [-0.05, 0) is 12.8 Å². The van der Waals surface area contributed by atoms with E-state index in [0.717, 1.165) is 12.8 Å². The summed E-state index contributed by atoms with van der Waals surface area (Å²) in [7, 11) is -0.363. The molecule has 1 aliphatic rings. The van der Waals surface area contributed by atoms with Crippen molar-refractivity contribution < 1.29 is 13.8 Å². The predicted molar refractivity (Wildman–Crippen MR) is 48.8 cm³/mol. The normalized spacial score (nSPS) is 22.4. The van der Waals surface area contributed by atoms with Gasteiger partial charge in [0, 0.05) is 7.11 Å². The summed E-state index contributed by atoms with van der Waals surface area (Å²) in [5.41, 5.74) is 0. The summed E-state index contributed by atoms with van der Waals surface area (Å²) in [6.45, 7) is 0. The SMILES string of the molecule is COC[PH](=O)OC1CCCCC1. The summed E-state index contributed by atoms with van der Waals surface area (Å²) in [6.07, 6.45) is 6.37. The van der Waals surface area contributed by atoms with E-state index in [0.29, 0.717) is 0 Å². The summed E-state index contributed by atoms with van der Waals surface area (Å²) in [5, 5.41) is 0. The van der Waals surface area contributed by atoms with E-state index in [2.05, 4.69) is 0 Å². The van der Waals surface area contributed by atoms with Gasteiger partial charge >= 0.3 is 0 Å². The van der Waals surface area contributed by atoms with Crippen LogP contribution in [0.25, 0.3) is 0 Å². The molecule has 0 aromatic heterocycles. The fourth-order valence-corrected chi connectivity index (χ4v) is 2.43. The first-order valence-corrected chi connectivity index (χ1v) is 6.03. The van der Waals surface area contributed by atoms with Gasteiger partial charge in [0.2, 0.25) is 8.03 Å². The highest BCUT2D eigenvalue weighted by Gasteiger charge is 2.15. The van der Waals surface area contributed by atoms with Crippen molar-refractivity contribution in [3.05, 3.63) is 0 Å². The van der Waals surface area contributed by atoms with Crippen LogP contribution in [0.4, 0.5) is 0 Å². The third-order valence-corrected chi connectivity index (χ3v) is 3.23. The molecule has 0 aliphatic heterocycles. The topological polar surface area (TPSA) is 35.5 Å². The lowest BCUT2D eigenvalue weighted by Gasteiger charge is -2.21. The molecule has 0 spiro atoms. The molecule has 0 N–H and O–H groups in total. The van der Waals surface area contributed by atoms with Crippen LogP contribution >= 0.6 is 8.03 Å². The van der Waals surface area contributed by atoms with Crippen LogP contribution in [-0.4, -0.2) is 19.6 Å². The van der Waals surface area contributed by atoms with Crippen LogP contribution in [0.5, 0.6) is 0 Å². The Morgan fingerprint density at radius 2 is 2.00 bits per heavy atom. The second-order valence-electron chi connectivity index (χ2n) is 3.18. The zero-order chi connectivity index (χ0) is 8.81. The molecule has 1 atom stereocenters. The van der Waals surface area contributed by atoms with E-state index in [1.54, 1.807) is 7.11 Å². The Kier molecular flexibility index (Phi) is 4.89. The maximum atomic E-state index is 11.1. The van der Waals surface area contributed by atoms with E-state index in [4.69, 9.17) is 9.26 Å². The molecule has 1 aliphatic carbocycles. The highest BCUT2D eigenvalue weighted by Crippen LogP contribution is 2.30. The lowest BCUT2D eigenvalue weighted by molar-refractivity contribution is 0.151. The number of hydrogen-bond acceptors (Lipinski definition) is 3. The second-order valence-corrected chi connectivity index (χ2v) is 4.45. The van der Waals surface area contributed by atoms with Gasteiger partial charge in [0.15, 0.2) is 0 Å². The monoisotopic (exact) mass is 192 g/mol. The Labute approximate surface area is 74.3 Å².